The maximum absolute atomic E-state index is 5.29. The first-order chi connectivity index (χ1) is 12.8. The van der Waals surface area contributed by atoms with Crippen LogP contribution >= 0.6 is 0 Å². The Labute approximate surface area is 156 Å². The van der Waals surface area contributed by atoms with E-state index >= 15 is 0 Å². The molecule has 0 amide bonds. The summed E-state index contributed by atoms with van der Waals surface area (Å²) in [6.07, 6.45) is 1.23. The molecule has 0 aromatic heterocycles. The van der Waals surface area contributed by atoms with E-state index in [1.165, 1.54) is 23.1 Å². The molecule has 3 aromatic carbocycles. The van der Waals surface area contributed by atoms with Crippen LogP contribution in [0.25, 0.3) is 0 Å². The summed E-state index contributed by atoms with van der Waals surface area (Å²) in [4.78, 5) is 2.62. The quantitative estimate of drug-likeness (QED) is 0.581. The Morgan fingerprint density at radius 3 is 1.81 bits per heavy atom. The largest absolute Gasteiger partial charge is 0.497 e. The number of methoxy groups -OCH3 is 1. The third-order valence-electron chi connectivity index (χ3n) is 5.23. The summed E-state index contributed by atoms with van der Waals surface area (Å²) in [5.74, 6) is 1.55. The van der Waals surface area contributed by atoms with E-state index in [9.17, 15) is 0 Å². The van der Waals surface area contributed by atoms with Crippen LogP contribution in [0.15, 0.2) is 84.9 Å². The smallest absolute Gasteiger partial charge is 0.118 e. The summed E-state index contributed by atoms with van der Waals surface area (Å²) in [6.45, 7) is 1.99. The molecule has 1 aliphatic carbocycles. The molecule has 1 aliphatic rings. The monoisotopic (exact) mass is 343 g/mol. The molecular weight excluding hydrogens is 318 g/mol. The van der Waals surface area contributed by atoms with Crippen molar-refractivity contribution in [2.24, 2.45) is 0 Å². The number of benzene rings is 3. The van der Waals surface area contributed by atoms with Crippen LogP contribution in [0.5, 0.6) is 5.75 Å². The zero-order valence-electron chi connectivity index (χ0n) is 15.2. The van der Waals surface area contributed by atoms with E-state index in [0.717, 1.165) is 18.8 Å². The number of hydrogen-bond donors (Lipinski definition) is 0. The number of rotatable bonds is 7. The van der Waals surface area contributed by atoms with Crippen molar-refractivity contribution in [3.05, 3.63) is 102 Å². The number of hydrogen-bond acceptors (Lipinski definition) is 2. The Balaban J connectivity index is 1.51. The van der Waals surface area contributed by atoms with Gasteiger partial charge in [0.1, 0.15) is 5.75 Å². The second kappa shape index (κ2) is 7.76. The average molecular weight is 343 g/mol. The van der Waals surface area contributed by atoms with E-state index in [0.29, 0.717) is 12.0 Å². The third kappa shape index (κ3) is 3.97. The van der Waals surface area contributed by atoms with E-state index in [4.69, 9.17) is 4.74 Å². The van der Waals surface area contributed by atoms with Gasteiger partial charge in [0.15, 0.2) is 0 Å². The topological polar surface area (TPSA) is 12.5 Å². The Kier molecular flexibility index (Phi) is 5.03. The lowest BCUT2D eigenvalue weighted by atomic mass is 10.1. The lowest BCUT2D eigenvalue weighted by Crippen LogP contribution is -2.26. The number of ether oxygens (including phenoxy) is 1. The second-order valence-corrected chi connectivity index (χ2v) is 7.06. The summed E-state index contributed by atoms with van der Waals surface area (Å²) in [5, 5.41) is 0. The Bertz CT molecular complexity index is 772. The van der Waals surface area contributed by atoms with E-state index in [1.54, 1.807) is 7.11 Å². The standard InChI is InChI=1S/C24H25NO/c1-26-22-14-12-21(13-15-22)23-16-24(23)25(17-19-8-4-2-5-9-19)18-20-10-6-3-7-11-20/h2-15,23-24H,16-18H2,1H3/t23-,24+/m0/s1. The lowest BCUT2D eigenvalue weighted by molar-refractivity contribution is 0.241. The van der Waals surface area contributed by atoms with Crippen LogP contribution in [0.3, 0.4) is 0 Å². The van der Waals surface area contributed by atoms with Gasteiger partial charge in [0.05, 0.1) is 7.11 Å². The van der Waals surface area contributed by atoms with Gasteiger partial charge < -0.3 is 4.74 Å². The fourth-order valence-electron chi connectivity index (χ4n) is 3.72. The highest BCUT2D eigenvalue weighted by Gasteiger charge is 2.42. The van der Waals surface area contributed by atoms with Gasteiger partial charge in [-0.3, -0.25) is 4.90 Å². The molecule has 26 heavy (non-hydrogen) atoms. The first-order valence-corrected chi connectivity index (χ1v) is 9.29. The van der Waals surface area contributed by atoms with Gasteiger partial charge in [-0.25, -0.2) is 0 Å². The van der Waals surface area contributed by atoms with Crippen molar-refractivity contribution in [2.75, 3.05) is 7.11 Å². The van der Waals surface area contributed by atoms with Crippen molar-refractivity contribution in [1.82, 2.24) is 4.90 Å². The van der Waals surface area contributed by atoms with Crippen molar-refractivity contribution in [3.63, 3.8) is 0 Å². The highest BCUT2D eigenvalue weighted by molar-refractivity contribution is 5.34. The summed E-state index contributed by atoms with van der Waals surface area (Å²) in [7, 11) is 1.72. The molecule has 0 saturated heterocycles. The maximum atomic E-state index is 5.29. The molecule has 0 heterocycles. The molecule has 2 nitrogen and oxygen atoms in total. The Morgan fingerprint density at radius 2 is 1.31 bits per heavy atom. The van der Waals surface area contributed by atoms with Crippen molar-refractivity contribution in [2.45, 2.75) is 31.5 Å². The predicted molar refractivity (Wildman–Crippen MR) is 106 cm³/mol. The van der Waals surface area contributed by atoms with Gasteiger partial charge in [0.2, 0.25) is 0 Å². The van der Waals surface area contributed by atoms with Gasteiger partial charge in [-0.05, 0) is 35.2 Å². The number of nitrogens with zero attached hydrogens (tertiary/aromatic N) is 1. The fourth-order valence-corrected chi connectivity index (χ4v) is 3.72. The molecular formula is C24H25NO. The van der Waals surface area contributed by atoms with E-state index in [1.807, 2.05) is 0 Å². The molecule has 0 N–H and O–H groups in total. The SMILES string of the molecule is COc1ccc([C@@H]2C[C@H]2N(Cc2ccccc2)Cc2ccccc2)cc1. The minimum Gasteiger partial charge on any atom is -0.497 e. The summed E-state index contributed by atoms with van der Waals surface area (Å²) in [6, 6.07) is 30.8. The van der Waals surface area contributed by atoms with Gasteiger partial charge in [-0.1, -0.05) is 72.8 Å². The highest BCUT2D eigenvalue weighted by Crippen LogP contribution is 2.46. The van der Waals surface area contributed by atoms with Crippen LogP contribution in [-0.2, 0) is 13.1 Å². The molecule has 4 rings (SSSR count). The van der Waals surface area contributed by atoms with Crippen molar-refractivity contribution >= 4 is 0 Å². The first kappa shape index (κ1) is 16.9. The third-order valence-corrected chi connectivity index (χ3v) is 5.23. The van der Waals surface area contributed by atoms with E-state index in [-0.39, 0.29) is 0 Å². The molecule has 0 unspecified atom stereocenters. The molecule has 0 aliphatic heterocycles. The van der Waals surface area contributed by atoms with Gasteiger partial charge in [-0.2, -0.15) is 0 Å². The van der Waals surface area contributed by atoms with E-state index in [2.05, 4.69) is 89.8 Å². The van der Waals surface area contributed by atoms with Crippen LogP contribution < -0.4 is 4.74 Å². The van der Waals surface area contributed by atoms with Gasteiger partial charge in [0, 0.05) is 25.0 Å². The van der Waals surface area contributed by atoms with Crippen molar-refractivity contribution in [1.29, 1.82) is 0 Å². The minimum atomic E-state index is 0.601. The van der Waals surface area contributed by atoms with Crippen LogP contribution in [0, 0.1) is 0 Å². The molecule has 0 spiro atoms. The normalized spacial score (nSPS) is 18.7. The van der Waals surface area contributed by atoms with Gasteiger partial charge >= 0.3 is 0 Å². The molecule has 2 atom stereocenters. The fraction of sp³-hybridized carbons (Fsp3) is 0.250. The molecule has 1 fully saturated rings. The van der Waals surface area contributed by atoms with Crippen molar-refractivity contribution in [3.8, 4) is 5.75 Å². The molecule has 0 radical (unpaired) electrons. The van der Waals surface area contributed by atoms with E-state index < -0.39 is 0 Å². The molecule has 3 aromatic rings. The lowest BCUT2D eigenvalue weighted by Gasteiger charge is -2.23. The van der Waals surface area contributed by atoms with Gasteiger partial charge in [0.25, 0.3) is 0 Å². The highest BCUT2D eigenvalue weighted by atomic mass is 16.5. The Morgan fingerprint density at radius 1 is 0.769 bits per heavy atom. The summed E-state index contributed by atoms with van der Waals surface area (Å²) in [5.41, 5.74) is 4.18. The molecule has 132 valence electrons. The van der Waals surface area contributed by atoms with Crippen LogP contribution in [0.4, 0.5) is 0 Å². The van der Waals surface area contributed by atoms with Crippen molar-refractivity contribution < 1.29 is 4.74 Å². The average Bonchev–Trinajstić information content (AvgIpc) is 3.50. The zero-order valence-corrected chi connectivity index (χ0v) is 15.2. The van der Waals surface area contributed by atoms with Gasteiger partial charge in [-0.15, -0.1) is 0 Å². The van der Waals surface area contributed by atoms with Crippen LogP contribution in [-0.4, -0.2) is 18.1 Å². The second-order valence-electron chi connectivity index (χ2n) is 7.06. The first-order valence-electron chi connectivity index (χ1n) is 9.29. The summed E-state index contributed by atoms with van der Waals surface area (Å²) >= 11 is 0. The molecule has 2 heteroatoms. The zero-order chi connectivity index (χ0) is 17.8. The molecule has 0 bridgehead atoms. The molecule has 1 saturated carbocycles. The maximum Gasteiger partial charge on any atom is 0.118 e. The Hall–Kier alpha value is -2.58. The predicted octanol–water partition coefficient (Wildman–Crippen LogP) is 5.25. The minimum absolute atomic E-state index is 0.601. The van der Waals surface area contributed by atoms with Crippen LogP contribution in [0.2, 0.25) is 0 Å². The van der Waals surface area contributed by atoms with Crippen LogP contribution in [0.1, 0.15) is 29.0 Å². The summed E-state index contributed by atoms with van der Waals surface area (Å²) < 4.78 is 5.29.